The molecule has 5 nitrogen and oxygen atoms in total. The summed E-state index contributed by atoms with van der Waals surface area (Å²) in [5.74, 6) is 0.716. The van der Waals surface area contributed by atoms with Crippen molar-refractivity contribution in [2.75, 3.05) is 25.1 Å². The highest BCUT2D eigenvalue weighted by Crippen LogP contribution is 2.69. The summed E-state index contributed by atoms with van der Waals surface area (Å²) in [5, 5.41) is 19.5. The summed E-state index contributed by atoms with van der Waals surface area (Å²) in [6.07, 6.45) is 7.48. The van der Waals surface area contributed by atoms with Crippen molar-refractivity contribution in [3.05, 3.63) is 59.7 Å². The van der Waals surface area contributed by atoms with Crippen LogP contribution in [-0.2, 0) is 5.41 Å². The number of likely N-dealkylation sites (N-methyl/N-ethyl adjacent to an activating group) is 1. The maximum atomic E-state index is 11.0. The molecule has 3 unspecified atom stereocenters. The van der Waals surface area contributed by atoms with Gasteiger partial charge in [-0.1, -0.05) is 26.0 Å². The summed E-state index contributed by atoms with van der Waals surface area (Å²) in [6.45, 7) is 5.63. The van der Waals surface area contributed by atoms with E-state index < -0.39 is 12.1 Å². The molecule has 4 fully saturated rings. The summed E-state index contributed by atoms with van der Waals surface area (Å²) in [6, 6.07) is 15.3. The zero-order valence-corrected chi connectivity index (χ0v) is 20.6. The summed E-state index contributed by atoms with van der Waals surface area (Å²) >= 11 is 0. The Bertz CT molecular complexity index is 1030. The SMILES string of the molecule is CN(CC(O)COc1ccc(C23CC4C[C@@](C)(C2)C[C@](C)(C4)C3)cc1)c1ccc(C(=O)O)cc1. The fraction of sp³-hybridized carbons (Fsp3) is 0.552. The molecule has 0 amide bonds. The molecule has 6 rings (SSSR count). The lowest BCUT2D eigenvalue weighted by Crippen LogP contribution is -2.56. The normalized spacial score (nSPS) is 32.4. The van der Waals surface area contributed by atoms with Gasteiger partial charge in [0.15, 0.2) is 0 Å². The number of carboxylic acids is 1. The number of nitrogens with zero attached hydrogens (tertiary/aromatic N) is 1. The average molecular weight is 464 g/mol. The zero-order chi connectivity index (χ0) is 24.1. The second-order valence-electron chi connectivity index (χ2n) is 12.1. The number of hydrogen-bond acceptors (Lipinski definition) is 4. The highest BCUT2D eigenvalue weighted by molar-refractivity contribution is 5.88. The van der Waals surface area contributed by atoms with E-state index in [4.69, 9.17) is 9.84 Å². The first-order chi connectivity index (χ1) is 16.1. The number of ether oxygens (including phenoxy) is 1. The van der Waals surface area contributed by atoms with Gasteiger partial charge in [0.25, 0.3) is 0 Å². The van der Waals surface area contributed by atoms with Crippen LogP contribution in [0, 0.1) is 16.7 Å². The topological polar surface area (TPSA) is 70.0 Å². The second-order valence-corrected chi connectivity index (χ2v) is 12.1. The molecule has 0 heterocycles. The Balaban J connectivity index is 1.18. The first kappa shape index (κ1) is 23.2. The van der Waals surface area contributed by atoms with E-state index in [0.29, 0.717) is 22.8 Å². The molecule has 2 N–H and O–H groups in total. The third-order valence-electron chi connectivity index (χ3n) is 8.57. The van der Waals surface area contributed by atoms with Crippen LogP contribution in [0.25, 0.3) is 0 Å². The predicted molar refractivity (Wildman–Crippen MR) is 134 cm³/mol. The van der Waals surface area contributed by atoms with Crippen LogP contribution < -0.4 is 9.64 Å². The Labute approximate surface area is 202 Å². The van der Waals surface area contributed by atoms with E-state index in [1.165, 1.54) is 44.1 Å². The number of rotatable bonds is 8. The highest BCUT2D eigenvalue weighted by atomic mass is 16.5. The molecule has 0 spiro atoms. The quantitative estimate of drug-likeness (QED) is 0.540. The van der Waals surface area contributed by atoms with Gasteiger partial charge in [-0.3, -0.25) is 0 Å². The monoisotopic (exact) mass is 463 g/mol. The Morgan fingerprint density at radius 3 is 2.18 bits per heavy atom. The molecule has 2 aromatic carbocycles. The van der Waals surface area contributed by atoms with Gasteiger partial charge >= 0.3 is 5.97 Å². The van der Waals surface area contributed by atoms with E-state index in [1.54, 1.807) is 24.3 Å². The molecule has 0 aromatic heterocycles. The maximum Gasteiger partial charge on any atom is 0.335 e. The van der Waals surface area contributed by atoms with Crippen LogP contribution in [-0.4, -0.2) is 42.5 Å². The number of anilines is 1. The van der Waals surface area contributed by atoms with Crippen LogP contribution in [0.2, 0.25) is 0 Å². The zero-order valence-electron chi connectivity index (χ0n) is 20.6. The lowest BCUT2D eigenvalue weighted by Gasteiger charge is -2.65. The minimum Gasteiger partial charge on any atom is -0.491 e. The molecule has 4 aliphatic carbocycles. The Morgan fingerprint density at radius 2 is 1.62 bits per heavy atom. The molecule has 34 heavy (non-hydrogen) atoms. The molecule has 4 bridgehead atoms. The van der Waals surface area contributed by atoms with Crippen molar-refractivity contribution in [2.24, 2.45) is 16.7 Å². The smallest absolute Gasteiger partial charge is 0.335 e. The number of aromatic carboxylic acids is 1. The summed E-state index contributed by atoms with van der Waals surface area (Å²) in [4.78, 5) is 12.9. The summed E-state index contributed by atoms with van der Waals surface area (Å²) in [5.41, 5.74) is 3.87. The van der Waals surface area contributed by atoms with Crippen LogP contribution >= 0.6 is 0 Å². The van der Waals surface area contributed by atoms with Crippen LogP contribution in [0.3, 0.4) is 0 Å². The minimum absolute atomic E-state index is 0.209. The first-order valence-corrected chi connectivity index (χ1v) is 12.5. The largest absolute Gasteiger partial charge is 0.491 e. The van der Waals surface area contributed by atoms with Gasteiger partial charge in [0, 0.05) is 19.3 Å². The van der Waals surface area contributed by atoms with Gasteiger partial charge in [-0.05, 0) is 103 Å². The fourth-order valence-electron chi connectivity index (χ4n) is 8.20. The van der Waals surface area contributed by atoms with Crippen molar-refractivity contribution in [2.45, 2.75) is 63.9 Å². The number of aliphatic hydroxyl groups is 1. The molecule has 4 aliphatic rings. The Kier molecular flexibility index (Phi) is 5.67. The van der Waals surface area contributed by atoms with Crippen LogP contribution in [0.5, 0.6) is 5.75 Å². The molecule has 2 aromatic rings. The molecular formula is C29H37NO4. The lowest BCUT2D eigenvalue weighted by molar-refractivity contribution is -0.110. The predicted octanol–water partition coefficient (Wildman–Crippen LogP) is 5.51. The van der Waals surface area contributed by atoms with E-state index in [2.05, 4.69) is 38.1 Å². The van der Waals surface area contributed by atoms with Crippen molar-refractivity contribution in [1.29, 1.82) is 0 Å². The number of aliphatic hydroxyl groups excluding tert-OH is 1. The van der Waals surface area contributed by atoms with Gasteiger partial charge in [0.2, 0.25) is 0 Å². The Morgan fingerprint density at radius 1 is 1.00 bits per heavy atom. The molecular weight excluding hydrogens is 426 g/mol. The fourth-order valence-corrected chi connectivity index (χ4v) is 8.20. The first-order valence-electron chi connectivity index (χ1n) is 12.5. The molecule has 5 atom stereocenters. The second kappa shape index (κ2) is 8.30. The van der Waals surface area contributed by atoms with Crippen molar-refractivity contribution in [3.8, 4) is 5.75 Å². The average Bonchev–Trinajstić information content (AvgIpc) is 2.75. The number of benzene rings is 2. The lowest BCUT2D eigenvalue weighted by atomic mass is 9.39. The standard InChI is InChI=1S/C29H37NO4/c1-27-12-20-13-28(2,17-27)19-29(14-20,18-27)22-6-10-25(11-7-22)34-16-24(31)15-30(3)23-8-4-21(5-9-23)26(32)33/h4-11,20,24,31H,12-19H2,1-3H3,(H,32,33)/t20?,24?,27-,28+,29?. The molecule has 182 valence electrons. The third kappa shape index (κ3) is 4.43. The van der Waals surface area contributed by atoms with Gasteiger partial charge in [-0.15, -0.1) is 0 Å². The van der Waals surface area contributed by atoms with Crippen LogP contribution in [0.4, 0.5) is 5.69 Å². The highest BCUT2D eigenvalue weighted by Gasteiger charge is 2.60. The van der Waals surface area contributed by atoms with Crippen LogP contribution in [0.15, 0.2) is 48.5 Å². The van der Waals surface area contributed by atoms with Crippen molar-refractivity contribution in [1.82, 2.24) is 0 Å². The van der Waals surface area contributed by atoms with Crippen LogP contribution in [0.1, 0.15) is 68.3 Å². The maximum absolute atomic E-state index is 11.0. The van der Waals surface area contributed by atoms with E-state index in [1.807, 2.05) is 11.9 Å². The van der Waals surface area contributed by atoms with E-state index in [-0.39, 0.29) is 12.2 Å². The molecule has 5 heteroatoms. The van der Waals surface area contributed by atoms with Gasteiger partial charge in [0.1, 0.15) is 18.5 Å². The van der Waals surface area contributed by atoms with Gasteiger partial charge in [-0.2, -0.15) is 0 Å². The van der Waals surface area contributed by atoms with E-state index in [0.717, 1.165) is 17.4 Å². The van der Waals surface area contributed by atoms with Gasteiger partial charge < -0.3 is 19.8 Å². The van der Waals surface area contributed by atoms with Gasteiger partial charge in [-0.25, -0.2) is 4.79 Å². The van der Waals surface area contributed by atoms with Crippen molar-refractivity contribution in [3.63, 3.8) is 0 Å². The molecule has 0 aliphatic heterocycles. The van der Waals surface area contributed by atoms with Crippen molar-refractivity contribution >= 4 is 11.7 Å². The van der Waals surface area contributed by atoms with Gasteiger partial charge in [0.05, 0.1) is 5.56 Å². The number of hydrogen-bond donors (Lipinski definition) is 2. The molecule has 0 radical (unpaired) electrons. The van der Waals surface area contributed by atoms with E-state index >= 15 is 0 Å². The van der Waals surface area contributed by atoms with Crippen molar-refractivity contribution < 1.29 is 19.7 Å². The Hall–Kier alpha value is -2.53. The van der Waals surface area contributed by atoms with E-state index in [9.17, 15) is 9.90 Å². The summed E-state index contributed by atoms with van der Waals surface area (Å²) < 4.78 is 5.91. The molecule has 0 saturated heterocycles. The minimum atomic E-state index is -0.944. The summed E-state index contributed by atoms with van der Waals surface area (Å²) in [7, 11) is 1.88. The number of carbonyl (C=O) groups is 1. The third-order valence-corrected chi connectivity index (χ3v) is 8.57. The molecule has 4 saturated carbocycles. The number of carboxylic acid groups (broad SMARTS) is 1.